The van der Waals surface area contributed by atoms with Gasteiger partial charge in [0.2, 0.25) is 5.82 Å². The van der Waals surface area contributed by atoms with Gasteiger partial charge in [0.25, 0.3) is 0 Å². The first kappa shape index (κ1) is 14.9. The Morgan fingerprint density at radius 2 is 2.30 bits per heavy atom. The first-order valence-electron chi connectivity index (χ1n) is 6.92. The Morgan fingerprint density at radius 3 is 2.95 bits per heavy atom. The molecule has 1 saturated heterocycles. The normalized spacial score (nSPS) is 21.6. The van der Waals surface area contributed by atoms with Crippen LogP contribution in [-0.2, 0) is 6.54 Å². The smallest absolute Gasteiger partial charge is 0.305 e. The van der Waals surface area contributed by atoms with Gasteiger partial charge in [0.15, 0.2) is 0 Å². The molecular weight excluding hydrogens is 261 g/mol. The maximum atomic E-state index is 14.1. The Morgan fingerprint density at radius 1 is 1.55 bits per heavy atom. The third-order valence-corrected chi connectivity index (χ3v) is 3.90. The van der Waals surface area contributed by atoms with Gasteiger partial charge in [-0.3, -0.25) is 15.0 Å². The van der Waals surface area contributed by atoms with Gasteiger partial charge in [0, 0.05) is 30.3 Å². The molecular formula is C14H20FN3O2. The lowest BCUT2D eigenvalue weighted by atomic mass is 9.96. The Labute approximate surface area is 117 Å². The summed E-state index contributed by atoms with van der Waals surface area (Å²) in [4.78, 5) is 12.2. The van der Waals surface area contributed by atoms with E-state index in [0.29, 0.717) is 12.1 Å². The minimum Gasteiger partial charge on any atom is -0.327 e. The summed E-state index contributed by atoms with van der Waals surface area (Å²) in [6, 6.07) is 4.55. The molecule has 1 aliphatic heterocycles. The zero-order valence-corrected chi connectivity index (χ0v) is 11.6. The molecule has 2 atom stereocenters. The van der Waals surface area contributed by atoms with Gasteiger partial charge in [-0.15, -0.1) is 0 Å². The number of nitro groups is 1. The summed E-state index contributed by atoms with van der Waals surface area (Å²) in [5.74, 6) is -0.730. The number of nitro benzene ring substituents is 1. The third-order valence-electron chi connectivity index (χ3n) is 3.90. The van der Waals surface area contributed by atoms with Crippen molar-refractivity contribution in [3.8, 4) is 0 Å². The van der Waals surface area contributed by atoms with E-state index in [1.165, 1.54) is 12.1 Å². The van der Waals surface area contributed by atoms with Crippen molar-refractivity contribution in [2.45, 2.75) is 44.8 Å². The van der Waals surface area contributed by atoms with E-state index in [1.807, 2.05) is 6.92 Å². The first-order chi connectivity index (χ1) is 9.50. The standard InChI is InChI=1S/C14H20FN3O2/c1-10(16)12-6-2-3-8-17(12)9-11-5-4-7-13(14(11)15)18(19)20/h4-5,7,10,12H,2-3,6,8-9,16H2,1H3. The van der Waals surface area contributed by atoms with Crippen LogP contribution in [0.3, 0.4) is 0 Å². The SMILES string of the molecule is CC(N)C1CCCCN1Cc1cccc([N+](=O)[O-])c1F. The molecule has 5 nitrogen and oxygen atoms in total. The molecule has 2 unspecified atom stereocenters. The van der Waals surface area contributed by atoms with Crippen molar-refractivity contribution in [2.24, 2.45) is 5.73 Å². The number of piperidine rings is 1. The fourth-order valence-electron chi connectivity index (χ4n) is 2.86. The molecule has 20 heavy (non-hydrogen) atoms. The molecule has 6 heteroatoms. The van der Waals surface area contributed by atoms with Crippen molar-refractivity contribution < 1.29 is 9.31 Å². The Kier molecular flexibility index (Phi) is 4.67. The number of nitrogens with two attached hydrogens (primary N) is 1. The van der Waals surface area contributed by atoms with Gasteiger partial charge in [0.05, 0.1) is 4.92 Å². The molecule has 0 saturated carbocycles. The van der Waals surface area contributed by atoms with Crippen LogP contribution < -0.4 is 5.73 Å². The van der Waals surface area contributed by atoms with Gasteiger partial charge in [-0.25, -0.2) is 0 Å². The van der Waals surface area contributed by atoms with Crippen LogP contribution in [-0.4, -0.2) is 28.5 Å². The maximum absolute atomic E-state index is 14.1. The fraction of sp³-hybridized carbons (Fsp3) is 0.571. The minimum atomic E-state index is -0.730. The van der Waals surface area contributed by atoms with Crippen LogP contribution in [0.15, 0.2) is 18.2 Å². The van der Waals surface area contributed by atoms with Crippen LogP contribution in [0.1, 0.15) is 31.7 Å². The van der Waals surface area contributed by atoms with Gasteiger partial charge < -0.3 is 5.73 Å². The largest absolute Gasteiger partial charge is 0.327 e. The summed E-state index contributed by atoms with van der Waals surface area (Å²) in [6.07, 6.45) is 3.17. The molecule has 110 valence electrons. The second-order valence-corrected chi connectivity index (χ2v) is 5.40. The van der Waals surface area contributed by atoms with E-state index in [4.69, 9.17) is 5.73 Å². The lowest BCUT2D eigenvalue weighted by Crippen LogP contribution is -2.48. The maximum Gasteiger partial charge on any atom is 0.305 e. The van der Waals surface area contributed by atoms with Gasteiger partial charge in [-0.2, -0.15) is 4.39 Å². The van der Waals surface area contributed by atoms with Crippen molar-refractivity contribution in [2.75, 3.05) is 6.54 Å². The fourth-order valence-corrected chi connectivity index (χ4v) is 2.86. The van der Waals surface area contributed by atoms with E-state index in [9.17, 15) is 14.5 Å². The van der Waals surface area contributed by atoms with E-state index in [1.54, 1.807) is 6.07 Å². The summed E-state index contributed by atoms with van der Waals surface area (Å²) in [5, 5.41) is 10.8. The molecule has 2 N–H and O–H groups in total. The van der Waals surface area contributed by atoms with Crippen LogP contribution >= 0.6 is 0 Å². The minimum absolute atomic E-state index is 0.0112. The molecule has 0 bridgehead atoms. The van der Waals surface area contributed by atoms with Gasteiger partial charge >= 0.3 is 5.69 Å². The molecule has 2 rings (SSSR count). The quantitative estimate of drug-likeness (QED) is 0.679. The molecule has 1 heterocycles. The van der Waals surface area contributed by atoms with Crippen molar-refractivity contribution in [1.82, 2.24) is 4.90 Å². The highest BCUT2D eigenvalue weighted by Gasteiger charge is 2.27. The zero-order valence-electron chi connectivity index (χ0n) is 11.6. The highest BCUT2D eigenvalue weighted by Crippen LogP contribution is 2.25. The lowest BCUT2D eigenvalue weighted by molar-refractivity contribution is -0.387. The van der Waals surface area contributed by atoms with E-state index in [-0.39, 0.29) is 12.1 Å². The zero-order chi connectivity index (χ0) is 14.7. The molecule has 0 aromatic heterocycles. The number of halogens is 1. The van der Waals surface area contributed by atoms with E-state index in [0.717, 1.165) is 25.8 Å². The van der Waals surface area contributed by atoms with Crippen LogP contribution in [0.5, 0.6) is 0 Å². The summed E-state index contributed by atoms with van der Waals surface area (Å²) in [5.41, 5.74) is 5.89. The van der Waals surface area contributed by atoms with Crippen LogP contribution in [0.2, 0.25) is 0 Å². The highest BCUT2D eigenvalue weighted by molar-refractivity contribution is 5.36. The Hall–Kier alpha value is -1.53. The number of likely N-dealkylation sites (tertiary alicyclic amines) is 1. The summed E-state index contributed by atoms with van der Waals surface area (Å²) in [7, 11) is 0. The number of nitrogens with zero attached hydrogens (tertiary/aromatic N) is 2. The molecule has 1 aliphatic rings. The molecule has 0 spiro atoms. The Balaban J connectivity index is 2.20. The average molecular weight is 281 g/mol. The van der Waals surface area contributed by atoms with E-state index in [2.05, 4.69) is 4.90 Å². The predicted molar refractivity (Wildman–Crippen MR) is 74.8 cm³/mol. The molecule has 1 aromatic carbocycles. The first-order valence-corrected chi connectivity index (χ1v) is 6.92. The van der Waals surface area contributed by atoms with Gasteiger partial charge in [0.1, 0.15) is 0 Å². The topological polar surface area (TPSA) is 72.4 Å². The molecule has 0 aliphatic carbocycles. The average Bonchev–Trinajstić information content (AvgIpc) is 2.41. The van der Waals surface area contributed by atoms with E-state index >= 15 is 0 Å². The molecule has 0 amide bonds. The molecule has 1 fully saturated rings. The predicted octanol–water partition coefficient (Wildman–Crippen LogP) is 2.44. The molecule has 1 aromatic rings. The van der Waals surface area contributed by atoms with Crippen LogP contribution in [0.25, 0.3) is 0 Å². The van der Waals surface area contributed by atoms with Crippen molar-refractivity contribution in [1.29, 1.82) is 0 Å². The number of rotatable bonds is 4. The monoisotopic (exact) mass is 281 g/mol. The number of hydrogen-bond donors (Lipinski definition) is 1. The van der Waals surface area contributed by atoms with E-state index < -0.39 is 16.4 Å². The summed E-state index contributed by atoms with van der Waals surface area (Å²) >= 11 is 0. The molecule has 0 radical (unpaired) electrons. The van der Waals surface area contributed by atoms with Crippen molar-refractivity contribution >= 4 is 5.69 Å². The van der Waals surface area contributed by atoms with Crippen LogP contribution in [0, 0.1) is 15.9 Å². The lowest BCUT2D eigenvalue weighted by Gasteiger charge is -2.38. The van der Waals surface area contributed by atoms with Crippen molar-refractivity contribution in [3.63, 3.8) is 0 Å². The summed E-state index contributed by atoms with van der Waals surface area (Å²) in [6.45, 7) is 3.18. The second kappa shape index (κ2) is 6.28. The second-order valence-electron chi connectivity index (χ2n) is 5.40. The third kappa shape index (κ3) is 3.13. The van der Waals surface area contributed by atoms with Crippen LogP contribution in [0.4, 0.5) is 10.1 Å². The van der Waals surface area contributed by atoms with Gasteiger partial charge in [-0.1, -0.05) is 18.6 Å². The Bertz CT molecular complexity index is 493. The highest BCUT2D eigenvalue weighted by atomic mass is 19.1. The number of benzene rings is 1. The van der Waals surface area contributed by atoms with Gasteiger partial charge in [-0.05, 0) is 26.3 Å². The number of hydrogen-bond acceptors (Lipinski definition) is 4. The summed E-state index contributed by atoms with van der Waals surface area (Å²) < 4.78 is 14.1. The van der Waals surface area contributed by atoms with Crippen molar-refractivity contribution in [3.05, 3.63) is 39.7 Å².